The Morgan fingerprint density at radius 3 is 2.55 bits per heavy atom. The van der Waals surface area contributed by atoms with Crippen LogP contribution in [0.1, 0.15) is 51.9 Å². The third kappa shape index (κ3) is 5.34. The van der Waals surface area contributed by atoms with Crippen molar-refractivity contribution in [2.45, 2.75) is 44.7 Å². The molecule has 1 amide bonds. The smallest absolute Gasteiger partial charge is 0.341 e. The van der Waals surface area contributed by atoms with Crippen LogP contribution in [-0.2, 0) is 17.7 Å². The number of carbonyl (C=O) groups is 2. The van der Waals surface area contributed by atoms with Crippen LogP contribution in [0.25, 0.3) is 0 Å². The zero-order chi connectivity index (χ0) is 20.3. The number of hydrogen-bond donors (Lipinski definition) is 1. The fraction of sp³-hybridized carbons (Fsp3) is 0.429. The lowest BCUT2D eigenvalue weighted by Gasteiger charge is -2.30. The first-order chi connectivity index (χ1) is 13.4. The minimum Gasteiger partial charge on any atom is -0.465 e. The minimum atomic E-state index is -0.388. The number of hydrogen-bond acceptors (Lipinski definition) is 6. The molecule has 1 aromatic carbocycles. The van der Waals surface area contributed by atoms with Crippen molar-refractivity contribution >= 4 is 52.4 Å². The van der Waals surface area contributed by atoms with Gasteiger partial charge in [-0.1, -0.05) is 6.92 Å². The van der Waals surface area contributed by atoms with Crippen molar-refractivity contribution in [3.63, 3.8) is 0 Å². The van der Waals surface area contributed by atoms with Gasteiger partial charge in [0.05, 0.1) is 12.7 Å². The second-order valence-electron chi connectivity index (χ2n) is 6.93. The molecule has 0 aliphatic carbocycles. The summed E-state index contributed by atoms with van der Waals surface area (Å²) in [6, 6.07) is 7.97. The lowest BCUT2D eigenvalue weighted by molar-refractivity contribution is 0.0600. The first-order valence-corrected chi connectivity index (χ1v) is 11.3. The highest BCUT2D eigenvalue weighted by molar-refractivity contribution is 7.99. The van der Waals surface area contributed by atoms with Gasteiger partial charge in [0.2, 0.25) is 0 Å². The average molecular weight is 455 g/mol. The highest BCUT2D eigenvalue weighted by Gasteiger charge is 2.30. The van der Waals surface area contributed by atoms with Crippen LogP contribution in [0, 0.1) is 0 Å². The molecule has 1 aliphatic rings. The van der Waals surface area contributed by atoms with Crippen LogP contribution in [0.5, 0.6) is 0 Å². The molecule has 1 N–H and O–H groups in total. The lowest BCUT2D eigenvalue weighted by atomic mass is 10.0. The first-order valence-electron chi connectivity index (χ1n) is 9.45. The number of rotatable bonds is 6. The topological polar surface area (TPSA) is 58.6 Å². The summed E-state index contributed by atoms with van der Waals surface area (Å²) in [6.45, 7) is 8.13. The summed E-state index contributed by atoms with van der Waals surface area (Å²) in [6.07, 6.45) is 0.785. The molecular formula is C21H27ClN2O3S2. The molecule has 0 spiro atoms. The van der Waals surface area contributed by atoms with E-state index < -0.39 is 0 Å². The van der Waals surface area contributed by atoms with Crippen molar-refractivity contribution < 1.29 is 14.3 Å². The number of nitrogens with zero attached hydrogens (tertiary/aromatic N) is 1. The van der Waals surface area contributed by atoms with E-state index in [4.69, 9.17) is 4.74 Å². The number of halogens is 1. The van der Waals surface area contributed by atoms with Gasteiger partial charge in [-0.05, 0) is 55.9 Å². The molecule has 8 heteroatoms. The van der Waals surface area contributed by atoms with E-state index in [1.54, 1.807) is 11.8 Å². The van der Waals surface area contributed by atoms with E-state index in [2.05, 4.69) is 31.0 Å². The van der Waals surface area contributed by atoms with Gasteiger partial charge >= 0.3 is 5.97 Å². The molecule has 0 saturated heterocycles. The van der Waals surface area contributed by atoms with Crippen molar-refractivity contribution in [3.05, 3.63) is 45.8 Å². The molecular weight excluding hydrogens is 428 g/mol. The number of thiophene rings is 1. The van der Waals surface area contributed by atoms with Gasteiger partial charge in [0, 0.05) is 34.5 Å². The number of thioether (sulfide) groups is 1. The summed E-state index contributed by atoms with van der Waals surface area (Å²) in [5.74, 6) is 0.389. The van der Waals surface area contributed by atoms with Gasteiger partial charge in [-0.25, -0.2) is 4.79 Å². The molecule has 0 unspecified atom stereocenters. The summed E-state index contributed by atoms with van der Waals surface area (Å²) < 4.78 is 5.01. The van der Waals surface area contributed by atoms with E-state index in [1.807, 2.05) is 24.3 Å². The molecule has 1 aromatic heterocycles. The summed E-state index contributed by atoms with van der Waals surface area (Å²) in [5, 5.41) is 3.53. The van der Waals surface area contributed by atoms with Crippen LogP contribution in [0.15, 0.2) is 29.2 Å². The third-order valence-corrected chi connectivity index (χ3v) is 6.89. The van der Waals surface area contributed by atoms with Gasteiger partial charge in [0.15, 0.2) is 0 Å². The number of carbonyl (C=O) groups excluding carboxylic acids is 2. The Morgan fingerprint density at radius 1 is 1.28 bits per heavy atom. The largest absolute Gasteiger partial charge is 0.465 e. The van der Waals surface area contributed by atoms with E-state index in [9.17, 15) is 9.59 Å². The van der Waals surface area contributed by atoms with Gasteiger partial charge in [0.25, 0.3) is 5.91 Å². The van der Waals surface area contributed by atoms with E-state index in [0.717, 1.165) is 40.6 Å². The molecule has 0 fully saturated rings. The Kier molecular flexibility index (Phi) is 8.58. The van der Waals surface area contributed by atoms with Crippen LogP contribution in [0.2, 0.25) is 0 Å². The number of nitrogens with one attached hydrogen (secondary N) is 1. The summed E-state index contributed by atoms with van der Waals surface area (Å²) >= 11 is 3.22. The number of benzene rings is 1. The van der Waals surface area contributed by atoms with Crippen LogP contribution >= 0.6 is 35.5 Å². The predicted molar refractivity (Wildman–Crippen MR) is 123 cm³/mol. The quantitative estimate of drug-likeness (QED) is 0.486. The zero-order valence-electron chi connectivity index (χ0n) is 17.1. The van der Waals surface area contributed by atoms with Crippen LogP contribution in [0.4, 0.5) is 5.00 Å². The number of methoxy groups -OCH3 is 1. The normalized spacial score (nSPS) is 13.6. The average Bonchev–Trinajstić information content (AvgIpc) is 3.05. The highest BCUT2D eigenvalue weighted by atomic mass is 35.5. The van der Waals surface area contributed by atoms with E-state index in [1.165, 1.54) is 18.4 Å². The zero-order valence-corrected chi connectivity index (χ0v) is 19.6. The SMILES string of the molecule is CCSc1ccc(C(=O)Nc2sc3c(c2C(=O)OC)CCN(C(C)C)C3)cc1.Cl. The monoisotopic (exact) mass is 454 g/mol. The second-order valence-corrected chi connectivity index (χ2v) is 9.37. The molecule has 3 rings (SSSR count). The Labute approximate surface area is 186 Å². The number of amides is 1. The predicted octanol–water partition coefficient (Wildman–Crippen LogP) is 5.09. The van der Waals surface area contributed by atoms with Gasteiger partial charge < -0.3 is 10.1 Å². The van der Waals surface area contributed by atoms with E-state index >= 15 is 0 Å². The Morgan fingerprint density at radius 2 is 1.97 bits per heavy atom. The highest BCUT2D eigenvalue weighted by Crippen LogP contribution is 2.38. The van der Waals surface area contributed by atoms with Crippen molar-refractivity contribution in [1.82, 2.24) is 4.90 Å². The molecule has 2 heterocycles. The van der Waals surface area contributed by atoms with E-state index in [0.29, 0.717) is 22.2 Å². The van der Waals surface area contributed by atoms with E-state index in [-0.39, 0.29) is 24.3 Å². The van der Waals surface area contributed by atoms with Crippen molar-refractivity contribution in [3.8, 4) is 0 Å². The molecule has 1 aliphatic heterocycles. The number of ether oxygens (including phenoxy) is 1. The van der Waals surface area contributed by atoms with Crippen molar-refractivity contribution in [2.24, 2.45) is 0 Å². The van der Waals surface area contributed by atoms with Crippen LogP contribution in [-0.4, -0.2) is 42.2 Å². The number of fused-ring (bicyclic) bond motifs is 1. The lowest BCUT2D eigenvalue weighted by Crippen LogP contribution is -2.35. The molecule has 29 heavy (non-hydrogen) atoms. The summed E-state index contributed by atoms with van der Waals surface area (Å²) in [4.78, 5) is 29.8. The molecule has 0 atom stereocenters. The number of anilines is 1. The molecule has 0 saturated carbocycles. The standard InChI is InChI=1S/C21H26N2O3S2.ClH/c1-5-27-15-8-6-14(7-9-15)19(24)22-20-18(21(25)26-4)16-10-11-23(13(2)3)12-17(16)28-20;/h6-9,13H,5,10-12H2,1-4H3,(H,22,24);1H. The van der Waals surface area contributed by atoms with Crippen LogP contribution in [0.3, 0.4) is 0 Å². The summed E-state index contributed by atoms with van der Waals surface area (Å²) in [5.41, 5.74) is 2.10. The Hall–Kier alpha value is -1.54. The maximum absolute atomic E-state index is 12.8. The van der Waals surface area contributed by atoms with Gasteiger partial charge in [-0.15, -0.1) is 35.5 Å². The molecule has 0 radical (unpaired) electrons. The fourth-order valence-corrected chi connectivity index (χ4v) is 5.23. The van der Waals surface area contributed by atoms with Crippen LogP contribution < -0.4 is 5.32 Å². The van der Waals surface area contributed by atoms with Crippen molar-refractivity contribution in [2.75, 3.05) is 24.7 Å². The minimum absolute atomic E-state index is 0. The Balaban J connectivity index is 0.00000300. The number of esters is 1. The summed E-state index contributed by atoms with van der Waals surface area (Å²) in [7, 11) is 1.38. The molecule has 5 nitrogen and oxygen atoms in total. The van der Waals surface area contributed by atoms with Crippen molar-refractivity contribution in [1.29, 1.82) is 0 Å². The second kappa shape index (κ2) is 10.5. The fourth-order valence-electron chi connectivity index (χ4n) is 3.31. The Bertz CT molecular complexity index is 866. The third-order valence-electron chi connectivity index (χ3n) is 4.86. The van der Waals surface area contributed by atoms with Gasteiger partial charge in [-0.3, -0.25) is 9.69 Å². The van der Waals surface area contributed by atoms with Gasteiger partial charge in [-0.2, -0.15) is 0 Å². The maximum atomic E-state index is 12.8. The van der Waals surface area contributed by atoms with Gasteiger partial charge in [0.1, 0.15) is 5.00 Å². The molecule has 158 valence electrons. The molecule has 2 aromatic rings. The first kappa shape index (κ1) is 23.7. The maximum Gasteiger partial charge on any atom is 0.341 e. The molecule has 0 bridgehead atoms.